The Morgan fingerprint density at radius 2 is 1.82 bits per heavy atom. The van der Waals surface area contributed by atoms with Gasteiger partial charge in [0.15, 0.2) is 11.6 Å². The highest BCUT2D eigenvalue weighted by molar-refractivity contribution is 7.70. The number of amides is 3. The third-order valence-corrected chi connectivity index (χ3v) is 8.14. The van der Waals surface area contributed by atoms with Crippen LogP contribution in [0.15, 0.2) is 48.5 Å². The fourth-order valence-electron chi connectivity index (χ4n) is 3.87. The quantitative estimate of drug-likeness (QED) is 0.432. The highest BCUT2D eigenvalue weighted by Crippen LogP contribution is 2.40. The van der Waals surface area contributed by atoms with Crippen molar-refractivity contribution < 1.29 is 22.9 Å². The van der Waals surface area contributed by atoms with Crippen LogP contribution in [0.1, 0.15) is 6.42 Å². The van der Waals surface area contributed by atoms with Gasteiger partial charge >= 0.3 is 6.03 Å². The third kappa shape index (κ3) is 4.87. The zero-order valence-electron chi connectivity index (χ0n) is 18.3. The van der Waals surface area contributed by atoms with Gasteiger partial charge < -0.3 is 14.8 Å². The Bertz CT molecular complexity index is 1330. The lowest BCUT2D eigenvalue weighted by atomic mass is 10.0. The van der Waals surface area contributed by atoms with Gasteiger partial charge in [-0.3, -0.25) is 10.1 Å². The number of hydrogen-bond donors (Lipinski definition) is 2. The molecule has 1 aliphatic heterocycles. The molecule has 1 aromatic heterocycles. The van der Waals surface area contributed by atoms with Crippen molar-refractivity contribution in [2.75, 3.05) is 30.1 Å². The van der Waals surface area contributed by atoms with Gasteiger partial charge in [-0.15, -0.1) is 11.3 Å². The Morgan fingerprint density at radius 1 is 1.09 bits per heavy atom. The van der Waals surface area contributed by atoms with Crippen molar-refractivity contribution in [3.63, 3.8) is 0 Å². The molecule has 3 amide bonds. The maximum atomic E-state index is 15.2. The van der Waals surface area contributed by atoms with Crippen LogP contribution in [0.5, 0.6) is 0 Å². The van der Waals surface area contributed by atoms with Crippen molar-refractivity contribution >= 4 is 58.0 Å². The van der Waals surface area contributed by atoms with Crippen molar-refractivity contribution in [1.29, 1.82) is 0 Å². The Balaban J connectivity index is 1.55. The molecule has 0 unspecified atom stereocenters. The van der Waals surface area contributed by atoms with E-state index in [0.717, 1.165) is 4.90 Å². The predicted octanol–water partition coefficient (Wildman–Crippen LogP) is 5.52. The summed E-state index contributed by atoms with van der Waals surface area (Å²) in [5.41, 5.74) is 0.0992. The zero-order valence-corrected chi connectivity index (χ0v) is 20.7. The number of carbonyl (C=O) groups is 2. The molecule has 2 heterocycles. The fourth-order valence-corrected chi connectivity index (χ4v) is 6.03. The van der Waals surface area contributed by atoms with Crippen molar-refractivity contribution in [3.05, 3.63) is 64.5 Å². The van der Waals surface area contributed by atoms with Crippen LogP contribution in [-0.2, 0) is 9.36 Å². The molecule has 4 rings (SSSR count). The maximum Gasteiger partial charge on any atom is 0.320 e. The summed E-state index contributed by atoms with van der Waals surface area (Å²) in [6.07, 6.45) is 0.234. The number of nitrogens with zero attached hydrogens (tertiary/aromatic N) is 1. The summed E-state index contributed by atoms with van der Waals surface area (Å²) in [6, 6.07) is 11.1. The molecular weight excluding hydrogens is 503 g/mol. The normalized spacial score (nSPS) is 16.1. The second-order valence-corrected chi connectivity index (χ2v) is 13.1. The molecule has 0 saturated carbocycles. The van der Waals surface area contributed by atoms with Gasteiger partial charge in [0.1, 0.15) is 13.2 Å². The summed E-state index contributed by atoms with van der Waals surface area (Å²) in [7, 11) is -2.75. The summed E-state index contributed by atoms with van der Waals surface area (Å²) in [5.74, 6) is -2.85. The molecule has 0 bridgehead atoms. The van der Waals surface area contributed by atoms with Crippen LogP contribution in [0.25, 0.3) is 11.1 Å². The van der Waals surface area contributed by atoms with Crippen molar-refractivity contribution in [2.24, 2.45) is 0 Å². The van der Waals surface area contributed by atoms with Crippen LogP contribution < -0.4 is 20.8 Å². The van der Waals surface area contributed by atoms with E-state index in [1.165, 1.54) is 23.5 Å². The van der Waals surface area contributed by atoms with E-state index in [0.29, 0.717) is 20.2 Å². The van der Waals surface area contributed by atoms with Gasteiger partial charge in [0.25, 0.3) is 0 Å². The molecule has 34 heavy (non-hydrogen) atoms. The minimum Gasteiger partial charge on any atom is -0.326 e. The fraction of sp³-hybridized carbons (Fsp3) is 0.217. The molecule has 0 spiro atoms. The van der Waals surface area contributed by atoms with Crippen LogP contribution in [0.2, 0.25) is 4.34 Å². The van der Waals surface area contributed by atoms with Gasteiger partial charge in [-0.05, 0) is 49.6 Å². The number of nitrogens with one attached hydrogen (secondary N) is 2. The summed E-state index contributed by atoms with van der Waals surface area (Å²) in [6.45, 7) is 3.24. The van der Waals surface area contributed by atoms with E-state index in [-0.39, 0.29) is 24.2 Å². The van der Waals surface area contributed by atoms with Crippen LogP contribution in [-0.4, -0.2) is 37.9 Å². The van der Waals surface area contributed by atoms with Gasteiger partial charge in [0.05, 0.1) is 15.0 Å². The first-order valence-electron chi connectivity index (χ1n) is 10.3. The number of benzene rings is 2. The molecule has 3 aromatic rings. The summed E-state index contributed by atoms with van der Waals surface area (Å²) < 4.78 is 43.4. The molecule has 2 aromatic carbocycles. The Labute approximate surface area is 204 Å². The first kappa shape index (κ1) is 24.4. The van der Waals surface area contributed by atoms with Gasteiger partial charge in [0, 0.05) is 17.4 Å². The van der Waals surface area contributed by atoms with Gasteiger partial charge in [0.2, 0.25) is 5.91 Å². The number of urea groups is 1. The molecule has 1 fully saturated rings. The molecule has 1 saturated heterocycles. The van der Waals surface area contributed by atoms with Gasteiger partial charge in [-0.25, -0.2) is 13.6 Å². The van der Waals surface area contributed by atoms with E-state index in [4.69, 9.17) is 11.6 Å². The standard InChI is InChI=1S/C23H21ClF2N3O3PS/c1-33(2,32)17-6-4-3-5-13(17)14-7-8-16(21(26)20(14)25)29-12-11-15(22(29)30)27-23(31)28-19-10-9-18(24)34-19/h3-10,15H,11-12H2,1-2H3,(H2,27,28,31)/t15-/m1/s1. The molecule has 1 aliphatic rings. The van der Waals surface area contributed by atoms with Crippen LogP contribution in [0.3, 0.4) is 0 Å². The Kier molecular flexibility index (Phi) is 6.80. The van der Waals surface area contributed by atoms with Crippen LogP contribution in [0.4, 0.5) is 24.3 Å². The number of hydrogen-bond acceptors (Lipinski definition) is 4. The van der Waals surface area contributed by atoms with Gasteiger partial charge in [-0.2, -0.15) is 0 Å². The first-order valence-corrected chi connectivity index (χ1v) is 14.1. The molecule has 0 radical (unpaired) electrons. The number of halogens is 3. The van der Waals surface area contributed by atoms with Crippen LogP contribution >= 0.6 is 30.1 Å². The minimum atomic E-state index is -2.75. The lowest BCUT2D eigenvalue weighted by molar-refractivity contribution is -0.118. The number of thiophene rings is 1. The monoisotopic (exact) mass is 523 g/mol. The Morgan fingerprint density at radius 3 is 2.50 bits per heavy atom. The summed E-state index contributed by atoms with van der Waals surface area (Å²) in [4.78, 5) is 26.2. The second-order valence-electron chi connectivity index (χ2n) is 8.16. The molecular formula is C23H21ClF2N3O3PS. The molecule has 6 nitrogen and oxygen atoms in total. The van der Waals surface area contributed by atoms with Crippen molar-refractivity contribution in [3.8, 4) is 11.1 Å². The smallest absolute Gasteiger partial charge is 0.320 e. The maximum absolute atomic E-state index is 15.2. The number of carbonyl (C=O) groups excluding carboxylic acids is 2. The average molecular weight is 524 g/mol. The molecule has 11 heteroatoms. The minimum absolute atomic E-state index is 0.0314. The zero-order chi connectivity index (χ0) is 24.6. The predicted molar refractivity (Wildman–Crippen MR) is 133 cm³/mol. The van der Waals surface area contributed by atoms with Crippen molar-refractivity contribution in [2.45, 2.75) is 12.5 Å². The van der Waals surface area contributed by atoms with E-state index in [1.807, 2.05) is 0 Å². The molecule has 2 N–H and O–H groups in total. The van der Waals surface area contributed by atoms with Crippen molar-refractivity contribution in [1.82, 2.24) is 5.32 Å². The largest absolute Gasteiger partial charge is 0.326 e. The third-order valence-electron chi connectivity index (χ3n) is 5.45. The molecule has 1 atom stereocenters. The number of rotatable bonds is 5. The lowest BCUT2D eigenvalue weighted by Crippen LogP contribution is -2.43. The average Bonchev–Trinajstić information content (AvgIpc) is 3.34. The molecule has 0 aliphatic carbocycles. The molecule has 178 valence electrons. The second kappa shape index (κ2) is 9.49. The van der Waals surface area contributed by atoms with E-state index in [2.05, 4.69) is 10.6 Å². The summed E-state index contributed by atoms with van der Waals surface area (Å²) >= 11 is 7.01. The lowest BCUT2D eigenvalue weighted by Gasteiger charge is -2.20. The van der Waals surface area contributed by atoms with E-state index in [9.17, 15) is 14.2 Å². The van der Waals surface area contributed by atoms with E-state index >= 15 is 8.78 Å². The van der Waals surface area contributed by atoms with E-state index < -0.39 is 36.8 Å². The Hall–Kier alpha value is -2.74. The SMILES string of the molecule is CP(C)(=O)c1ccccc1-c1ccc(N2CC[C@@H](NC(=O)Nc3ccc(Cl)s3)C2=O)c(F)c1F. The summed E-state index contributed by atoms with van der Waals surface area (Å²) in [5, 5.41) is 6.10. The van der Waals surface area contributed by atoms with Crippen LogP contribution in [0, 0.1) is 11.6 Å². The van der Waals surface area contributed by atoms with E-state index in [1.54, 1.807) is 49.7 Å². The van der Waals surface area contributed by atoms with Gasteiger partial charge in [-0.1, -0.05) is 35.9 Å². The highest BCUT2D eigenvalue weighted by Gasteiger charge is 2.36. The number of anilines is 2. The first-order chi connectivity index (χ1) is 16.1. The topological polar surface area (TPSA) is 78.5 Å². The highest BCUT2D eigenvalue weighted by atomic mass is 35.5.